The van der Waals surface area contributed by atoms with E-state index in [2.05, 4.69) is 54.9 Å². The van der Waals surface area contributed by atoms with Gasteiger partial charge in [0.25, 0.3) is 0 Å². The van der Waals surface area contributed by atoms with E-state index in [0.29, 0.717) is 0 Å². The molecule has 0 aliphatic carbocycles. The maximum absolute atomic E-state index is 4.53. The number of aliphatic imine (C=N–C) groups is 1. The zero-order chi connectivity index (χ0) is 15.0. The smallest absolute Gasteiger partial charge is 0.0481 e. The van der Waals surface area contributed by atoms with E-state index in [1.807, 2.05) is 48.7 Å². The molecule has 21 heavy (non-hydrogen) atoms. The monoisotopic (exact) mass is 275 g/mol. The van der Waals surface area contributed by atoms with Gasteiger partial charge in [-0.2, -0.15) is 0 Å². The number of hydrogen-bond acceptors (Lipinski definition) is 1. The highest BCUT2D eigenvalue weighted by Crippen LogP contribution is 2.17. The topological polar surface area (TPSA) is 12.4 Å². The van der Waals surface area contributed by atoms with E-state index in [9.17, 15) is 0 Å². The van der Waals surface area contributed by atoms with Crippen LogP contribution < -0.4 is 0 Å². The summed E-state index contributed by atoms with van der Waals surface area (Å²) in [7, 11) is 0. The summed E-state index contributed by atoms with van der Waals surface area (Å²) in [6.45, 7) is 5.08. The fraction of sp³-hybridized carbons (Fsp3) is 0.200. The van der Waals surface area contributed by atoms with Crippen LogP contribution in [0.2, 0.25) is 0 Å². The highest BCUT2D eigenvalue weighted by atomic mass is 14.7. The Kier molecular flexibility index (Phi) is 5.31. The summed E-state index contributed by atoms with van der Waals surface area (Å²) < 4.78 is 0. The Labute approximate surface area is 127 Å². The first-order valence-electron chi connectivity index (χ1n) is 7.19. The fourth-order valence-corrected chi connectivity index (χ4v) is 1.88. The molecule has 2 rings (SSSR count). The molecule has 0 amide bonds. The molecule has 2 aromatic carbocycles. The first-order valence-corrected chi connectivity index (χ1v) is 7.19. The molecule has 0 unspecified atom stereocenters. The fourth-order valence-electron chi connectivity index (χ4n) is 1.88. The minimum absolute atomic E-state index is 0.00341. The molecule has 0 aliphatic heterocycles. The molecule has 0 heterocycles. The summed E-state index contributed by atoms with van der Waals surface area (Å²) in [6.07, 6.45) is 6.02. The minimum Gasteiger partial charge on any atom is -0.292 e. The van der Waals surface area contributed by atoms with Crippen LogP contribution in [-0.2, 0) is 0 Å². The van der Waals surface area contributed by atoms with Gasteiger partial charge >= 0.3 is 0 Å². The van der Waals surface area contributed by atoms with Crippen molar-refractivity contribution in [1.82, 2.24) is 0 Å². The van der Waals surface area contributed by atoms with Gasteiger partial charge in [-0.05, 0) is 23.3 Å². The van der Waals surface area contributed by atoms with Crippen LogP contribution >= 0.6 is 0 Å². The Morgan fingerprint density at radius 3 is 2.10 bits per heavy atom. The predicted molar refractivity (Wildman–Crippen MR) is 91.7 cm³/mol. The third kappa shape index (κ3) is 5.64. The molecule has 2 aromatic rings. The number of nitrogens with zero attached hydrogens (tertiary/aromatic N) is 1. The van der Waals surface area contributed by atoms with Crippen molar-refractivity contribution in [1.29, 1.82) is 0 Å². The van der Waals surface area contributed by atoms with Gasteiger partial charge < -0.3 is 0 Å². The van der Waals surface area contributed by atoms with Crippen molar-refractivity contribution in [3.63, 3.8) is 0 Å². The molecule has 0 aromatic heterocycles. The van der Waals surface area contributed by atoms with Crippen LogP contribution in [0.25, 0.3) is 6.08 Å². The van der Waals surface area contributed by atoms with E-state index in [-0.39, 0.29) is 5.41 Å². The van der Waals surface area contributed by atoms with Gasteiger partial charge in [-0.1, -0.05) is 74.5 Å². The van der Waals surface area contributed by atoms with Crippen LogP contribution in [0.1, 0.15) is 25.0 Å². The largest absolute Gasteiger partial charge is 0.292 e. The molecular weight excluding hydrogens is 254 g/mol. The number of rotatable bonds is 5. The van der Waals surface area contributed by atoms with Crippen LogP contribution in [-0.4, -0.2) is 12.8 Å². The van der Waals surface area contributed by atoms with E-state index < -0.39 is 0 Å². The lowest BCUT2D eigenvalue weighted by Gasteiger charge is -2.15. The second kappa shape index (κ2) is 7.42. The maximum Gasteiger partial charge on any atom is 0.0481 e. The quantitative estimate of drug-likeness (QED) is 0.538. The first-order chi connectivity index (χ1) is 10.2. The Morgan fingerprint density at radius 2 is 1.48 bits per heavy atom. The van der Waals surface area contributed by atoms with Gasteiger partial charge in [0.2, 0.25) is 0 Å². The van der Waals surface area contributed by atoms with Gasteiger partial charge in [0.15, 0.2) is 0 Å². The first kappa shape index (κ1) is 15.0. The van der Waals surface area contributed by atoms with Crippen molar-refractivity contribution in [3.8, 4) is 0 Å². The van der Waals surface area contributed by atoms with Gasteiger partial charge in [0.05, 0.1) is 0 Å². The lowest BCUT2D eigenvalue weighted by Crippen LogP contribution is -2.11. The van der Waals surface area contributed by atoms with Crippen molar-refractivity contribution >= 4 is 12.3 Å². The standard InChI is InChI=1S/C20H21N/c1-20(2,15-9-14-18-10-5-3-6-11-18)17-21-16-19-12-7-4-8-13-19/h3-8,10-16H,17H2,1-2H3. The molecule has 0 bridgehead atoms. The Hall–Kier alpha value is -2.37. The zero-order valence-electron chi connectivity index (χ0n) is 12.7. The number of benzene rings is 2. The van der Waals surface area contributed by atoms with Crippen molar-refractivity contribution in [2.45, 2.75) is 13.8 Å². The van der Waals surface area contributed by atoms with Crippen LogP contribution in [0.3, 0.4) is 0 Å². The Balaban J connectivity index is 1.95. The second-order valence-corrected chi connectivity index (χ2v) is 5.74. The van der Waals surface area contributed by atoms with Crippen LogP contribution in [0, 0.1) is 5.41 Å². The summed E-state index contributed by atoms with van der Waals surface area (Å²) in [4.78, 5) is 4.53. The SMILES string of the molecule is CC(C)(C=C=Cc1ccccc1)CN=Cc1ccccc1. The summed E-state index contributed by atoms with van der Waals surface area (Å²) >= 11 is 0. The average molecular weight is 275 g/mol. The third-order valence-corrected chi connectivity index (χ3v) is 3.06. The molecule has 106 valence electrons. The van der Waals surface area contributed by atoms with Crippen molar-refractivity contribution in [2.24, 2.45) is 10.4 Å². The Morgan fingerprint density at radius 1 is 0.905 bits per heavy atom. The van der Waals surface area contributed by atoms with Crippen LogP contribution in [0.15, 0.2) is 77.5 Å². The summed E-state index contributed by atoms with van der Waals surface area (Å²) in [5.74, 6) is 0. The molecule has 1 heteroatoms. The summed E-state index contributed by atoms with van der Waals surface area (Å²) in [5.41, 5.74) is 5.56. The highest BCUT2D eigenvalue weighted by Gasteiger charge is 2.11. The van der Waals surface area contributed by atoms with Crippen LogP contribution in [0.5, 0.6) is 0 Å². The molecule has 0 saturated heterocycles. The van der Waals surface area contributed by atoms with Gasteiger partial charge in [-0.15, -0.1) is 5.73 Å². The van der Waals surface area contributed by atoms with Crippen LogP contribution in [0.4, 0.5) is 0 Å². The summed E-state index contributed by atoms with van der Waals surface area (Å²) in [5, 5.41) is 0. The molecule has 0 fully saturated rings. The molecule has 0 radical (unpaired) electrons. The van der Waals surface area contributed by atoms with E-state index >= 15 is 0 Å². The minimum atomic E-state index is -0.00341. The van der Waals surface area contributed by atoms with Gasteiger partial charge in [-0.3, -0.25) is 4.99 Å². The number of hydrogen-bond donors (Lipinski definition) is 0. The van der Waals surface area contributed by atoms with E-state index in [4.69, 9.17) is 0 Å². The normalized spacial score (nSPS) is 11.1. The second-order valence-electron chi connectivity index (χ2n) is 5.74. The summed E-state index contributed by atoms with van der Waals surface area (Å²) in [6, 6.07) is 20.4. The van der Waals surface area contributed by atoms with Gasteiger partial charge in [0.1, 0.15) is 0 Å². The molecule has 0 spiro atoms. The predicted octanol–water partition coefficient (Wildman–Crippen LogP) is 5.00. The van der Waals surface area contributed by atoms with Crippen molar-refractivity contribution < 1.29 is 0 Å². The van der Waals surface area contributed by atoms with E-state index in [1.54, 1.807) is 0 Å². The van der Waals surface area contributed by atoms with Gasteiger partial charge in [0, 0.05) is 18.2 Å². The van der Waals surface area contributed by atoms with Crippen molar-refractivity contribution in [2.75, 3.05) is 6.54 Å². The molecule has 0 N–H and O–H groups in total. The molecule has 1 nitrogen and oxygen atoms in total. The van der Waals surface area contributed by atoms with Crippen molar-refractivity contribution in [3.05, 3.63) is 83.6 Å². The average Bonchev–Trinajstić information content (AvgIpc) is 2.49. The van der Waals surface area contributed by atoms with E-state index in [1.165, 1.54) is 0 Å². The zero-order valence-corrected chi connectivity index (χ0v) is 12.7. The maximum atomic E-state index is 4.53. The van der Waals surface area contributed by atoms with E-state index in [0.717, 1.165) is 17.7 Å². The third-order valence-electron chi connectivity index (χ3n) is 3.06. The molecule has 0 atom stereocenters. The Bertz CT molecular complexity index is 630. The molecular formula is C20H21N. The lowest BCUT2D eigenvalue weighted by molar-refractivity contribution is 0.498. The van der Waals surface area contributed by atoms with Gasteiger partial charge in [-0.25, -0.2) is 0 Å². The highest BCUT2D eigenvalue weighted by molar-refractivity contribution is 5.79. The molecule has 0 saturated carbocycles. The lowest BCUT2D eigenvalue weighted by atomic mass is 9.93. The molecule has 0 aliphatic rings.